The maximum Gasteiger partial charge on any atom is 0.0740 e. The summed E-state index contributed by atoms with van der Waals surface area (Å²) in [7, 11) is 1.69. The van der Waals surface area contributed by atoms with Crippen molar-refractivity contribution in [2.75, 3.05) is 26.8 Å². The van der Waals surface area contributed by atoms with E-state index in [0.29, 0.717) is 18.0 Å². The fourth-order valence-corrected chi connectivity index (χ4v) is 2.47. The van der Waals surface area contributed by atoms with Gasteiger partial charge < -0.3 is 10.5 Å². The van der Waals surface area contributed by atoms with Gasteiger partial charge in [0, 0.05) is 42.7 Å². The first-order chi connectivity index (χ1) is 9.02. The monoisotopic (exact) mass is 364 g/mol. The molecule has 1 aromatic carbocycles. The van der Waals surface area contributed by atoms with Crippen molar-refractivity contribution in [3.05, 3.63) is 33.3 Å². The third-order valence-electron chi connectivity index (χ3n) is 2.70. The van der Waals surface area contributed by atoms with E-state index in [4.69, 9.17) is 34.3 Å². The maximum atomic E-state index is 6.23. The molecule has 0 aliphatic rings. The zero-order chi connectivity index (χ0) is 14.3. The molecule has 0 heterocycles. The van der Waals surface area contributed by atoms with Gasteiger partial charge in [0.2, 0.25) is 0 Å². The number of nitrogens with zero attached hydrogens (tertiary/aromatic N) is 1. The molecule has 2 N–H and O–H groups in total. The second kappa shape index (κ2) is 8.87. The molecule has 0 fully saturated rings. The summed E-state index contributed by atoms with van der Waals surface area (Å²) in [6.45, 7) is 3.07. The van der Waals surface area contributed by atoms with Crippen LogP contribution in [0.3, 0.4) is 0 Å². The molecule has 0 amide bonds. The van der Waals surface area contributed by atoms with E-state index in [-0.39, 0.29) is 0 Å². The van der Waals surface area contributed by atoms with Gasteiger partial charge in [-0.1, -0.05) is 45.8 Å². The summed E-state index contributed by atoms with van der Waals surface area (Å²) in [5.41, 5.74) is 6.64. The Bertz CT molecular complexity index is 431. The summed E-state index contributed by atoms with van der Waals surface area (Å²) in [4.78, 5) is 2.77. The minimum atomic E-state index is 0.532. The normalized spacial score (nSPS) is 10.9. The molecule has 0 atom stereocenters. The topological polar surface area (TPSA) is 38.5 Å². The Morgan fingerprint density at radius 1 is 1.47 bits per heavy atom. The van der Waals surface area contributed by atoms with E-state index < -0.39 is 0 Å². The second-order valence-electron chi connectivity index (χ2n) is 4.22. The van der Waals surface area contributed by atoms with Crippen molar-refractivity contribution in [2.24, 2.45) is 5.73 Å². The second-order valence-corrected chi connectivity index (χ2v) is 6.07. The molecule has 0 saturated heterocycles. The lowest BCUT2D eigenvalue weighted by atomic mass is 10.2. The Morgan fingerprint density at radius 2 is 2.21 bits per heavy atom. The number of rotatable bonds is 8. The first-order valence-electron chi connectivity index (χ1n) is 5.96. The maximum absolute atomic E-state index is 6.23. The van der Waals surface area contributed by atoms with E-state index in [1.165, 1.54) is 0 Å². The van der Waals surface area contributed by atoms with Crippen LogP contribution in [0.15, 0.2) is 22.7 Å². The SMILES string of the molecule is COCCN(CCC(N)=S)Cc1ccc(Br)cc1Cl. The van der Waals surface area contributed by atoms with Crippen LogP contribution in [0.5, 0.6) is 0 Å². The zero-order valence-electron chi connectivity index (χ0n) is 10.9. The Labute approximate surface area is 133 Å². The zero-order valence-corrected chi connectivity index (χ0v) is 14.0. The van der Waals surface area contributed by atoms with Gasteiger partial charge in [-0.25, -0.2) is 0 Å². The van der Waals surface area contributed by atoms with Crippen LogP contribution < -0.4 is 5.73 Å². The van der Waals surface area contributed by atoms with E-state index in [1.807, 2.05) is 18.2 Å². The average molecular weight is 366 g/mol. The van der Waals surface area contributed by atoms with Crippen molar-refractivity contribution in [1.29, 1.82) is 0 Å². The molecule has 3 nitrogen and oxygen atoms in total. The lowest BCUT2D eigenvalue weighted by Gasteiger charge is -2.22. The number of thiocarbonyl (C=S) groups is 1. The van der Waals surface area contributed by atoms with Crippen LogP contribution in [-0.2, 0) is 11.3 Å². The molecule has 0 aliphatic heterocycles. The van der Waals surface area contributed by atoms with Crippen LogP contribution >= 0.6 is 39.7 Å². The van der Waals surface area contributed by atoms with Gasteiger partial charge in [0.25, 0.3) is 0 Å². The van der Waals surface area contributed by atoms with E-state index in [9.17, 15) is 0 Å². The molecule has 1 rings (SSSR count). The van der Waals surface area contributed by atoms with Crippen LogP contribution in [-0.4, -0.2) is 36.7 Å². The Morgan fingerprint density at radius 3 is 2.79 bits per heavy atom. The molecule has 0 bridgehead atoms. The fourth-order valence-electron chi connectivity index (χ4n) is 1.65. The number of hydrogen-bond acceptors (Lipinski definition) is 3. The van der Waals surface area contributed by atoms with E-state index in [0.717, 1.165) is 34.7 Å². The minimum Gasteiger partial charge on any atom is -0.393 e. The third kappa shape index (κ3) is 6.68. The third-order valence-corrected chi connectivity index (χ3v) is 3.74. The number of nitrogens with two attached hydrogens (primary N) is 1. The summed E-state index contributed by atoms with van der Waals surface area (Å²) in [6, 6.07) is 5.91. The van der Waals surface area contributed by atoms with E-state index in [1.54, 1.807) is 7.11 Å². The number of halogens is 2. The summed E-state index contributed by atoms with van der Waals surface area (Å²) in [5.74, 6) is 0. The quantitative estimate of drug-likeness (QED) is 0.718. The molecule has 0 aromatic heterocycles. The van der Waals surface area contributed by atoms with Gasteiger partial charge in [-0.2, -0.15) is 0 Å². The molecule has 1 aromatic rings. The molecule has 0 unspecified atom stereocenters. The van der Waals surface area contributed by atoms with Crippen molar-refractivity contribution in [1.82, 2.24) is 4.90 Å². The van der Waals surface area contributed by atoms with Gasteiger partial charge in [0.15, 0.2) is 0 Å². The predicted molar refractivity (Wildman–Crippen MR) is 87.7 cm³/mol. The highest BCUT2D eigenvalue weighted by atomic mass is 79.9. The van der Waals surface area contributed by atoms with Crippen LogP contribution in [0.1, 0.15) is 12.0 Å². The van der Waals surface area contributed by atoms with Gasteiger partial charge in [0.05, 0.1) is 11.6 Å². The van der Waals surface area contributed by atoms with E-state index >= 15 is 0 Å². The first kappa shape index (κ1) is 16.9. The molecule has 0 radical (unpaired) electrons. The molecule has 106 valence electrons. The molecule has 0 spiro atoms. The minimum absolute atomic E-state index is 0.532. The van der Waals surface area contributed by atoms with Gasteiger partial charge in [-0.3, -0.25) is 4.90 Å². The first-order valence-corrected chi connectivity index (χ1v) is 7.54. The summed E-state index contributed by atoms with van der Waals surface area (Å²) in [5, 5.41) is 0.757. The van der Waals surface area contributed by atoms with Gasteiger partial charge in [0.1, 0.15) is 0 Å². The Balaban J connectivity index is 2.66. The summed E-state index contributed by atoms with van der Waals surface area (Å²) >= 11 is 14.6. The number of methoxy groups -OCH3 is 1. The van der Waals surface area contributed by atoms with Gasteiger partial charge in [-0.05, 0) is 17.7 Å². The highest BCUT2D eigenvalue weighted by Crippen LogP contribution is 2.22. The molecule has 19 heavy (non-hydrogen) atoms. The molecule has 6 heteroatoms. The standard InChI is InChI=1S/C13H18BrClN2OS/c1-18-7-6-17(5-4-13(16)19)9-10-2-3-11(14)8-12(10)15/h2-3,8H,4-7,9H2,1H3,(H2,16,19). The molecular weight excluding hydrogens is 348 g/mol. The predicted octanol–water partition coefficient (Wildman–Crippen LogP) is 3.23. The lowest BCUT2D eigenvalue weighted by Crippen LogP contribution is -2.30. The van der Waals surface area contributed by atoms with Crippen LogP contribution in [0, 0.1) is 0 Å². The van der Waals surface area contributed by atoms with Crippen molar-refractivity contribution >= 4 is 44.7 Å². The van der Waals surface area contributed by atoms with Crippen molar-refractivity contribution in [2.45, 2.75) is 13.0 Å². The van der Waals surface area contributed by atoms with Crippen molar-refractivity contribution < 1.29 is 4.74 Å². The van der Waals surface area contributed by atoms with Crippen LogP contribution in [0.2, 0.25) is 5.02 Å². The summed E-state index contributed by atoms with van der Waals surface area (Å²) in [6.07, 6.45) is 0.702. The number of hydrogen-bond donors (Lipinski definition) is 1. The fraction of sp³-hybridized carbons (Fsp3) is 0.462. The largest absolute Gasteiger partial charge is 0.393 e. The molecule has 0 saturated carbocycles. The smallest absolute Gasteiger partial charge is 0.0740 e. The van der Waals surface area contributed by atoms with E-state index in [2.05, 4.69) is 20.8 Å². The molecular formula is C13H18BrClN2OS. The highest BCUT2D eigenvalue weighted by Gasteiger charge is 2.09. The Hall–Kier alpha value is -0.200. The van der Waals surface area contributed by atoms with Crippen molar-refractivity contribution in [3.63, 3.8) is 0 Å². The highest BCUT2D eigenvalue weighted by molar-refractivity contribution is 9.10. The average Bonchev–Trinajstić information content (AvgIpc) is 2.35. The van der Waals surface area contributed by atoms with Gasteiger partial charge in [-0.15, -0.1) is 0 Å². The summed E-state index contributed by atoms with van der Waals surface area (Å²) < 4.78 is 6.10. The van der Waals surface area contributed by atoms with Crippen LogP contribution in [0.25, 0.3) is 0 Å². The van der Waals surface area contributed by atoms with Crippen molar-refractivity contribution in [3.8, 4) is 0 Å². The number of ether oxygens (including phenoxy) is 1. The van der Waals surface area contributed by atoms with Gasteiger partial charge >= 0.3 is 0 Å². The lowest BCUT2D eigenvalue weighted by molar-refractivity contribution is 0.146. The van der Waals surface area contributed by atoms with Crippen LogP contribution in [0.4, 0.5) is 0 Å². The molecule has 0 aliphatic carbocycles. The Kier molecular flexibility index (Phi) is 7.87. The number of benzene rings is 1.